The Morgan fingerprint density at radius 3 is 2.62 bits per heavy atom. The van der Waals surface area contributed by atoms with E-state index >= 15 is 0 Å². The largest absolute Gasteiger partial charge is 0.379 e. The lowest BCUT2D eigenvalue weighted by molar-refractivity contribution is -0.120. The van der Waals surface area contributed by atoms with Gasteiger partial charge in [0.15, 0.2) is 0 Å². The number of hydrogen-bond donors (Lipinski definition) is 3. The van der Waals surface area contributed by atoms with Crippen molar-refractivity contribution in [3.05, 3.63) is 29.3 Å². The molecule has 1 saturated heterocycles. The molecule has 1 aromatic carbocycles. The van der Waals surface area contributed by atoms with Gasteiger partial charge in [-0.05, 0) is 13.1 Å². The highest BCUT2D eigenvalue weighted by Crippen LogP contribution is 2.22. The number of anilines is 1. The van der Waals surface area contributed by atoms with E-state index in [2.05, 4.69) is 10.6 Å². The fourth-order valence-electron chi connectivity index (χ4n) is 2.16. The average Bonchev–Trinajstić information content (AvgIpc) is 2.89. The number of carbonyl (C=O) groups excluding carboxylic acids is 2. The van der Waals surface area contributed by atoms with Crippen molar-refractivity contribution in [3.63, 3.8) is 0 Å². The molecule has 2 amide bonds. The Morgan fingerprint density at radius 2 is 2.00 bits per heavy atom. The van der Waals surface area contributed by atoms with Crippen LogP contribution in [0, 0.1) is 17.6 Å². The zero-order chi connectivity index (χ0) is 15.6. The van der Waals surface area contributed by atoms with Gasteiger partial charge < -0.3 is 21.1 Å². The molecule has 0 spiro atoms. The second kappa shape index (κ2) is 6.15. The molecule has 0 aliphatic carbocycles. The second-order valence-corrected chi connectivity index (χ2v) is 4.70. The quantitative estimate of drug-likeness (QED) is 0.742. The summed E-state index contributed by atoms with van der Waals surface area (Å²) in [5, 5.41) is 5.25. The van der Waals surface area contributed by atoms with E-state index < -0.39 is 34.9 Å². The number of benzene rings is 1. The third-order valence-electron chi connectivity index (χ3n) is 3.37. The van der Waals surface area contributed by atoms with Crippen LogP contribution in [-0.4, -0.2) is 38.1 Å². The number of likely N-dealkylation sites (N-methyl/N-ethyl adjacent to an activating group) is 1. The number of carbonyl (C=O) groups is 2. The number of hydrogen-bond acceptors (Lipinski definition) is 4. The normalized spacial score (nSPS) is 21.3. The van der Waals surface area contributed by atoms with Crippen molar-refractivity contribution >= 4 is 17.5 Å². The lowest BCUT2D eigenvalue weighted by Gasteiger charge is -2.17. The van der Waals surface area contributed by atoms with Crippen LogP contribution < -0.4 is 16.4 Å². The molecular formula is C13H15F2N3O3. The minimum absolute atomic E-state index is 0.191. The maximum atomic E-state index is 13.7. The van der Waals surface area contributed by atoms with Gasteiger partial charge in [0.2, 0.25) is 5.91 Å². The Balaban J connectivity index is 2.21. The van der Waals surface area contributed by atoms with Gasteiger partial charge >= 0.3 is 0 Å². The van der Waals surface area contributed by atoms with Gasteiger partial charge in [-0.25, -0.2) is 8.78 Å². The minimum Gasteiger partial charge on any atom is -0.379 e. The van der Waals surface area contributed by atoms with Crippen LogP contribution in [0.5, 0.6) is 0 Å². The zero-order valence-corrected chi connectivity index (χ0v) is 11.3. The molecule has 0 saturated carbocycles. The van der Waals surface area contributed by atoms with E-state index in [9.17, 15) is 18.4 Å². The molecule has 8 heteroatoms. The zero-order valence-electron chi connectivity index (χ0n) is 11.3. The first-order valence-corrected chi connectivity index (χ1v) is 6.28. The minimum atomic E-state index is -1.07. The van der Waals surface area contributed by atoms with Gasteiger partial charge in [0.05, 0.1) is 30.4 Å². The molecule has 21 heavy (non-hydrogen) atoms. The Morgan fingerprint density at radius 1 is 1.29 bits per heavy atom. The number of nitrogens with two attached hydrogens (primary N) is 1. The van der Waals surface area contributed by atoms with Gasteiger partial charge in [0.1, 0.15) is 11.6 Å². The maximum Gasteiger partial charge on any atom is 0.251 e. The summed E-state index contributed by atoms with van der Waals surface area (Å²) in [6.45, 7) is 0.565. The second-order valence-electron chi connectivity index (χ2n) is 4.70. The summed E-state index contributed by atoms with van der Waals surface area (Å²) in [5.74, 6) is -4.08. The van der Waals surface area contributed by atoms with Crippen molar-refractivity contribution in [1.29, 1.82) is 0 Å². The van der Waals surface area contributed by atoms with Gasteiger partial charge in [0.25, 0.3) is 5.91 Å². The smallest absolute Gasteiger partial charge is 0.251 e. The Kier molecular flexibility index (Phi) is 4.49. The predicted octanol–water partition coefficient (Wildman–Crippen LogP) is 0.237. The first-order chi connectivity index (χ1) is 9.93. The van der Waals surface area contributed by atoms with Crippen molar-refractivity contribution in [2.75, 3.05) is 25.6 Å². The molecule has 4 N–H and O–H groups in total. The highest BCUT2D eigenvalue weighted by atomic mass is 19.1. The van der Waals surface area contributed by atoms with Gasteiger partial charge in [-0.3, -0.25) is 9.59 Å². The van der Waals surface area contributed by atoms with Crippen LogP contribution >= 0.6 is 0 Å². The van der Waals surface area contributed by atoms with Crippen molar-refractivity contribution < 1.29 is 23.1 Å². The first kappa shape index (κ1) is 15.3. The molecule has 1 aliphatic rings. The van der Waals surface area contributed by atoms with E-state index in [1.807, 2.05) is 0 Å². The van der Waals surface area contributed by atoms with E-state index in [1.165, 1.54) is 0 Å². The van der Waals surface area contributed by atoms with Crippen molar-refractivity contribution in [2.24, 2.45) is 11.7 Å². The number of nitrogens with one attached hydrogen (secondary N) is 2. The lowest BCUT2D eigenvalue weighted by atomic mass is 10.0. The van der Waals surface area contributed by atoms with Gasteiger partial charge in [-0.2, -0.15) is 0 Å². The van der Waals surface area contributed by atoms with Crippen LogP contribution in [0.15, 0.2) is 12.1 Å². The maximum absolute atomic E-state index is 13.7. The van der Waals surface area contributed by atoms with Crippen LogP contribution in [0.1, 0.15) is 10.4 Å². The molecule has 1 aromatic rings. The highest BCUT2D eigenvalue weighted by molar-refractivity contribution is 5.97. The predicted molar refractivity (Wildman–Crippen MR) is 70.7 cm³/mol. The highest BCUT2D eigenvalue weighted by Gasteiger charge is 2.33. The van der Waals surface area contributed by atoms with Crippen molar-refractivity contribution in [1.82, 2.24) is 5.32 Å². The van der Waals surface area contributed by atoms with Crippen LogP contribution in [0.25, 0.3) is 0 Å². The molecule has 2 rings (SSSR count). The monoisotopic (exact) mass is 299 g/mol. The van der Waals surface area contributed by atoms with Crippen molar-refractivity contribution in [2.45, 2.75) is 6.04 Å². The van der Waals surface area contributed by atoms with Crippen LogP contribution in [-0.2, 0) is 9.53 Å². The number of rotatable bonds is 4. The number of halogens is 2. The molecule has 0 bridgehead atoms. The van der Waals surface area contributed by atoms with E-state index in [4.69, 9.17) is 10.5 Å². The summed E-state index contributed by atoms with van der Waals surface area (Å²) >= 11 is 0. The Bertz CT molecular complexity index is 580. The summed E-state index contributed by atoms with van der Waals surface area (Å²) in [4.78, 5) is 23.1. The first-order valence-electron chi connectivity index (χ1n) is 6.28. The summed E-state index contributed by atoms with van der Waals surface area (Å²) in [5.41, 5.74) is 4.20. The topological polar surface area (TPSA) is 93.4 Å². The molecule has 1 fully saturated rings. The van der Waals surface area contributed by atoms with Gasteiger partial charge in [0, 0.05) is 12.1 Å². The van der Waals surface area contributed by atoms with Gasteiger partial charge in [-0.15, -0.1) is 0 Å². The summed E-state index contributed by atoms with van der Waals surface area (Å²) in [6.07, 6.45) is 0. The van der Waals surface area contributed by atoms with E-state index in [0.29, 0.717) is 12.7 Å². The number of ether oxygens (including phenoxy) is 1. The lowest BCUT2D eigenvalue weighted by Crippen LogP contribution is -2.39. The molecule has 2 atom stereocenters. The fourth-order valence-corrected chi connectivity index (χ4v) is 2.16. The molecule has 6 nitrogen and oxygen atoms in total. The summed E-state index contributed by atoms with van der Waals surface area (Å²) < 4.78 is 32.2. The van der Waals surface area contributed by atoms with Crippen LogP contribution in [0.4, 0.5) is 14.5 Å². The average molecular weight is 299 g/mol. The van der Waals surface area contributed by atoms with Crippen molar-refractivity contribution in [3.8, 4) is 0 Å². The van der Waals surface area contributed by atoms with Gasteiger partial charge in [-0.1, -0.05) is 0 Å². The van der Waals surface area contributed by atoms with Crippen LogP contribution in [0.2, 0.25) is 0 Å². The number of primary amides is 1. The Hall–Kier alpha value is -2.06. The number of amides is 2. The molecule has 2 unspecified atom stereocenters. The third-order valence-corrected chi connectivity index (χ3v) is 3.37. The molecular weight excluding hydrogens is 284 g/mol. The molecule has 114 valence electrons. The third kappa shape index (κ3) is 3.17. The SMILES string of the molecule is CNC1COCC1C(=O)Nc1cc(C(N)=O)c(F)cc1F. The Labute approximate surface area is 119 Å². The summed E-state index contributed by atoms with van der Waals surface area (Å²) in [6, 6.07) is 1.20. The fraction of sp³-hybridized carbons (Fsp3) is 0.385. The van der Waals surface area contributed by atoms with Crippen LogP contribution in [0.3, 0.4) is 0 Å². The summed E-state index contributed by atoms with van der Waals surface area (Å²) in [7, 11) is 1.68. The molecule has 1 aliphatic heterocycles. The van der Waals surface area contributed by atoms with E-state index in [0.717, 1.165) is 6.07 Å². The van der Waals surface area contributed by atoms with E-state index in [1.54, 1.807) is 7.05 Å². The standard InChI is InChI=1S/C13H15F2N3O3/c1-17-11-5-21-4-7(11)13(20)18-10-2-6(12(16)19)8(14)3-9(10)15/h2-3,7,11,17H,4-5H2,1H3,(H2,16,19)(H,18,20). The molecule has 0 radical (unpaired) electrons. The molecule has 1 heterocycles. The van der Waals surface area contributed by atoms with E-state index in [-0.39, 0.29) is 18.3 Å². The molecule has 0 aromatic heterocycles.